The highest BCUT2D eigenvalue weighted by Crippen LogP contribution is 2.13. The highest BCUT2D eigenvalue weighted by Gasteiger charge is 2.07. The largest absolute Gasteiger partial charge is 0.481 e. The van der Waals surface area contributed by atoms with Gasteiger partial charge in [-0.2, -0.15) is 0 Å². The molecular weight excluding hydrogens is 240 g/mol. The Bertz CT molecular complexity index is 582. The zero-order chi connectivity index (χ0) is 13.7. The fourth-order valence-electron chi connectivity index (χ4n) is 1.81. The number of amides is 1. The minimum Gasteiger partial charge on any atom is -0.481 e. The van der Waals surface area contributed by atoms with Gasteiger partial charge in [0.05, 0.1) is 7.11 Å². The molecule has 4 nitrogen and oxygen atoms in total. The van der Waals surface area contributed by atoms with E-state index < -0.39 is 0 Å². The molecule has 1 amide bonds. The number of carbonyl (C=O) groups is 1. The van der Waals surface area contributed by atoms with Gasteiger partial charge in [0.2, 0.25) is 5.88 Å². The second kappa shape index (κ2) is 6.00. The van der Waals surface area contributed by atoms with E-state index in [9.17, 15) is 4.79 Å². The molecule has 0 atom stereocenters. The van der Waals surface area contributed by atoms with Crippen molar-refractivity contribution in [2.45, 2.75) is 13.5 Å². The van der Waals surface area contributed by atoms with Crippen molar-refractivity contribution in [2.75, 3.05) is 7.11 Å². The average Bonchev–Trinajstić information content (AvgIpc) is 2.45. The van der Waals surface area contributed by atoms with Crippen LogP contribution in [0.2, 0.25) is 0 Å². The van der Waals surface area contributed by atoms with E-state index in [4.69, 9.17) is 4.74 Å². The predicted molar refractivity (Wildman–Crippen MR) is 73.1 cm³/mol. The number of methoxy groups -OCH3 is 1. The molecule has 2 aromatic rings. The van der Waals surface area contributed by atoms with Gasteiger partial charge < -0.3 is 10.1 Å². The number of nitrogens with one attached hydrogen (secondary N) is 1. The van der Waals surface area contributed by atoms with E-state index in [1.807, 2.05) is 37.3 Å². The molecule has 1 aromatic carbocycles. The summed E-state index contributed by atoms with van der Waals surface area (Å²) >= 11 is 0. The molecule has 0 saturated carbocycles. The first-order chi connectivity index (χ1) is 9.20. The molecule has 0 aliphatic carbocycles. The number of pyridine rings is 1. The van der Waals surface area contributed by atoms with Gasteiger partial charge in [0.15, 0.2) is 0 Å². The van der Waals surface area contributed by atoms with Crippen LogP contribution in [0.3, 0.4) is 0 Å². The van der Waals surface area contributed by atoms with Crippen LogP contribution in [0.5, 0.6) is 5.88 Å². The number of hydrogen-bond donors (Lipinski definition) is 1. The van der Waals surface area contributed by atoms with Gasteiger partial charge in [-0.25, -0.2) is 4.98 Å². The van der Waals surface area contributed by atoms with Crippen LogP contribution in [0.25, 0.3) is 0 Å². The molecule has 0 fully saturated rings. The summed E-state index contributed by atoms with van der Waals surface area (Å²) < 4.78 is 5.14. The van der Waals surface area contributed by atoms with Gasteiger partial charge in [-0.15, -0.1) is 0 Å². The van der Waals surface area contributed by atoms with E-state index >= 15 is 0 Å². The van der Waals surface area contributed by atoms with Crippen LogP contribution in [0.15, 0.2) is 42.6 Å². The first-order valence-corrected chi connectivity index (χ1v) is 6.03. The minimum atomic E-state index is -0.102. The summed E-state index contributed by atoms with van der Waals surface area (Å²) in [6.07, 6.45) is 1.66. The Morgan fingerprint density at radius 1 is 1.32 bits per heavy atom. The van der Waals surface area contributed by atoms with Crippen molar-refractivity contribution >= 4 is 5.91 Å². The molecule has 0 aliphatic rings. The van der Waals surface area contributed by atoms with E-state index in [2.05, 4.69) is 10.3 Å². The Kier molecular flexibility index (Phi) is 4.13. The van der Waals surface area contributed by atoms with Gasteiger partial charge >= 0.3 is 0 Å². The average molecular weight is 256 g/mol. The fraction of sp³-hybridized carbons (Fsp3) is 0.200. The molecule has 4 heteroatoms. The van der Waals surface area contributed by atoms with Crippen LogP contribution in [0.1, 0.15) is 21.5 Å². The van der Waals surface area contributed by atoms with Crippen LogP contribution >= 0.6 is 0 Å². The molecule has 0 saturated heterocycles. The smallest absolute Gasteiger partial charge is 0.251 e. The molecule has 2 rings (SSSR count). The molecule has 0 unspecified atom stereocenters. The molecule has 1 aromatic heterocycles. The van der Waals surface area contributed by atoms with E-state index in [1.54, 1.807) is 19.4 Å². The van der Waals surface area contributed by atoms with Gasteiger partial charge in [0, 0.05) is 23.9 Å². The summed E-state index contributed by atoms with van der Waals surface area (Å²) in [5.41, 5.74) is 2.57. The van der Waals surface area contributed by atoms with Crippen LogP contribution in [-0.2, 0) is 6.54 Å². The normalized spacial score (nSPS) is 10.0. The topological polar surface area (TPSA) is 51.2 Å². The fourth-order valence-corrected chi connectivity index (χ4v) is 1.81. The van der Waals surface area contributed by atoms with Crippen molar-refractivity contribution in [3.8, 4) is 5.88 Å². The first kappa shape index (κ1) is 13.1. The summed E-state index contributed by atoms with van der Waals surface area (Å²) in [5.74, 6) is 0.432. The van der Waals surface area contributed by atoms with E-state index in [1.165, 1.54) is 0 Å². The zero-order valence-corrected chi connectivity index (χ0v) is 11.0. The summed E-state index contributed by atoms with van der Waals surface area (Å²) in [6.45, 7) is 2.35. The predicted octanol–water partition coefficient (Wildman–Crippen LogP) is 2.33. The Morgan fingerprint density at radius 2 is 2.16 bits per heavy atom. The Hall–Kier alpha value is -2.36. The Morgan fingerprint density at radius 3 is 2.89 bits per heavy atom. The quantitative estimate of drug-likeness (QED) is 0.913. The summed E-state index contributed by atoms with van der Waals surface area (Å²) in [4.78, 5) is 16.1. The Balaban J connectivity index is 2.04. The van der Waals surface area contributed by atoms with Gasteiger partial charge in [0.1, 0.15) is 0 Å². The SMILES string of the molecule is COc1ncccc1CNC(=O)c1cccc(C)c1. The van der Waals surface area contributed by atoms with Crippen molar-refractivity contribution < 1.29 is 9.53 Å². The van der Waals surface area contributed by atoms with Crippen molar-refractivity contribution in [2.24, 2.45) is 0 Å². The maximum Gasteiger partial charge on any atom is 0.251 e. The maximum absolute atomic E-state index is 12.0. The highest BCUT2D eigenvalue weighted by molar-refractivity contribution is 5.94. The molecule has 19 heavy (non-hydrogen) atoms. The molecule has 0 radical (unpaired) electrons. The number of nitrogens with zero attached hydrogens (tertiary/aromatic N) is 1. The molecule has 1 N–H and O–H groups in total. The zero-order valence-electron chi connectivity index (χ0n) is 11.0. The Labute approximate surface area is 112 Å². The third-order valence-electron chi connectivity index (χ3n) is 2.76. The lowest BCUT2D eigenvalue weighted by atomic mass is 10.1. The van der Waals surface area contributed by atoms with Gasteiger partial charge in [-0.05, 0) is 25.1 Å². The van der Waals surface area contributed by atoms with Gasteiger partial charge in [0.25, 0.3) is 5.91 Å². The number of carbonyl (C=O) groups excluding carboxylic acids is 1. The van der Waals surface area contributed by atoms with Crippen molar-refractivity contribution in [3.05, 3.63) is 59.3 Å². The molecule has 1 heterocycles. The lowest BCUT2D eigenvalue weighted by Crippen LogP contribution is -2.23. The highest BCUT2D eigenvalue weighted by atomic mass is 16.5. The van der Waals surface area contributed by atoms with Gasteiger partial charge in [-0.1, -0.05) is 23.8 Å². The van der Waals surface area contributed by atoms with Crippen molar-refractivity contribution in [3.63, 3.8) is 0 Å². The van der Waals surface area contributed by atoms with Crippen LogP contribution in [-0.4, -0.2) is 18.0 Å². The molecule has 0 spiro atoms. The second-order valence-corrected chi connectivity index (χ2v) is 4.22. The number of hydrogen-bond acceptors (Lipinski definition) is 3. The third kappa shape index (κ3) is 3.31. The van der Waals surface area contributed by atoms with E-state index in [0.29, 0.717) is 18.0 Å². The number of rotatable bonds is 4. The molecule has 0 aliphatic heterocycles. The summed E-state index contributed by atoms with van der Waals surface area (Å²) in [7, 11) is 1.56. The number of benzene rings is 1. The lowest BCUT2D eigenvalue weighted by Gasteiger charge is -2.08. The first-order valence-electron chi connectivity index (χ1n) is 6.03. The van der Waals surface area contributed by atoms with Crippen LogP contribution < -0.4 is 10.1 Å². The van der Waals surface area contributed by atoms with Gasteiger partial charge in [-0.3, -0.25) is 4.79 Å². The maximum atomic E-state index is 12.0. The van der Waals surface area contributed by atoms with Crippen LogP contribution in [0, 0.1) is 6.92 Å². The molecule has 98 valence electrons. The third-order valence-corrected chi connectivity index (χ3v) is 2.76. The number of aryl methyl sites for hydroxylation is 1. The monoisotopic (exact) mass is 256 g/mol. The molecular formula is C15H16N2O2. The van der Waals surface area contributed by atoms with E-state index in [-0.39, 0.29) is 5.91 Å². The lowest BCUT2D eigenvalue weighted by molar-refractivity contribution is 0.0950. The van der Waals surface area contributed by atoms with Crippen LogP contribution in [0.4, 0.5) is 0 Å². The molecule has 0 bridgehead atoms. The summed E-state index contributed by atoms with van der Waals surface area (Å²) in [6, 6.07) is 11.2. The standard InChI is InChI=1S/C15H16N2O2/c1-11-5-3-6-12(9-11)14(18)17-10-13-7-4-8-16-15(13)19-2/h3-9H,10H2,1-2H3,(H,17,18). The number of aromatic nitrogens is 1. The minimum absolute atomic E-state index is 0.102. The van der Waals surface area contributed by atoms with Crippen molar-refractivity contribution in [1.82, 2.24) is 10.3 Å². The summed E-state index contributed by atoms with van der Waals surface area (Å²) in [5, 5.41) is 2.86. The van der Waals surface area contributed by atoms with Crippen molar-refractivity contribution in [1.29, 1.82) is 0 Å². The number of ether oxygens (including phenoxy) is 1. The second-order valence-electron chi connectivity index (χ2n) is 4.22. The van der Waals surface area contributed by atoms with E-state index in [0.717, 1.165) is 11.1 Å².